The number of benzene rings is 2. The van der Waals surface area contributed by atoms with Gasteiger partial charge >= 0.3 is 0 Å². The van der Waals surface area contributed by atoms with Crippen LogP contribution >= 0.6 is 11.6 Å². The first kappa shape index (κ1) is 19.5. The molecule has 0 spiro atoms. The molecule has 4 rings (SSSR count). The number of hydrogen-bond donors (Lipinski definition) is 0. The lowest BCUT2D eigenvalue weighted by atomic mass is 10.1. The SMILES string of the molecule is Cc1cccc(N2N=C(C(=O)N3CCN(c4ccccc4Cl)CC3)CCC2=O)c1. The zero-order chi connectivity index (χ0) is 20.4. The molecule has 0 atom stereocenters. The van der Waals surface area contributed by atoms with Crippen LogP contribution in [0.2, 0.25) is 5.02 Å². The minimum atomic E-state index is -0.0889. The molecule has 2 aliphatic rings. The van der Waals surface area contributed by atoms with Crippen molar-refractivity contribution in [3.8, 4) is 0 Å². The first-order valence-electron chi connectivity index (χ1n) is 9.79. The van der Waals surface area contributed by atoms with Crippen LogP contribution in [0.5, 0.6) is 0 Å². The maximum atomic E-state index is 13.0. The van der Waals surface area contributed by atoms with Gasteiger partial charge in [-0.2, -0.15) is 5.10 Å². The zero-order valence-electron chi connectivity index (χ0n) is 16.3. The second kappa shape index (κ2) is 8.25. The Balaban J connectivity index is 1.46. The molecule has 6 nitrogen and oxygen atoms in total. The summed E-state index contributed by atoms with van der Waals surface area (Å²) in [5, 5.41) is 6.50. The number of anilines is 2. The van der Waals surface area contributed by atoms with E-state index < -0.39 is 0 Å². The van der Waals surface area contributed by atoms with Gasteiger partial charge in [0.15, 0.2) is 0 Å². The highest BCUT2D eigenvalue weighted by Gasteiger charge is 2.30. The third-order valence-corrected chi connectivity index (χ3v) is 5.61. The molecule has 2 aliphatic heterocycles. The lowest BCUT2D eigenvalue weighted by molar-refractivity contribution is -0.124. The van der Waals surface area contributed by atoms with Gasteiger partial charge < -0.3 is 9.80 Å². The fraction of sp³-hybridized carbons (Fsp3) is 0.318. The normalized spacial score (nSPS) is 17.4. The fourth-order valence-electron chi connectivity index (χ4n) is 3.71. The van der Waals surface area contributed by atoms with Crippen LogP contribution in [0.1, 0.15) is 18.4 Å². The van der Waals surface area contributed by atoms with Gasteiger partial charge in [-0.1, -0.05) is 35.9 Å². The largest absolute Gasteiger partial charge is 0.367 e. The topological polar surface area (TPSA) is 56.2 Å². The molecule has 2 heterocycles. The molecule has 0 bridgehead atoms. The van der Waals surface area contributed by atoms with E-state index in [1.54, 1.807) is 0 Å². The maximum absolute atomic E-state index is 13.0. The first-order chi connectivity index (χ1) is 14.0. The molecule has 2 aromatic carbocycles. The zero-order valence-corrected chi connectivity index (χ0v) is 17.1. The monoisotopic (exact) mass is 410 g/mol. The molecule has 0 unspecified atom stereocenters. The summed E-state index contributed by atoms with van der Waals surface area (Å²) in [5.74, 6) is -0.176. The molecule has 150 valence electrons. The van der Waals surface area contributed by atoms with Crippen LogP contribution in [-0.2, 0) is 9.59 Å². The molecular weight excluding hydrogens is 388 g/mol. The summed E-state index contributed by atoms with van der Waals surface area (Å²) in [4.78, 5) is 29.4. The van der Waals surface area contributed by atoms with Crippen LogP contribution in [0, 0.1) is 6.92 Å². The molecule has 0 radical (unpaired) electrons. The number of aryl methyl sites for hydroxylation is 1. The Bertz CT molecular complexity index is 967. The highest BCUT2D eigenvalue weighted by Crippen LogP contribution is 2.26. The van der Waals surface area contributed by atoms with Crippen molar-refractivity contribution in [1.82, 2.24) is 4.90 Å². The maximum Gasteiger partial charge on any atom is 0.270 e. The van der Waals surface area contributed by atoms with Gasteiger partial charge in [0.1, 0.15) is 5.71 Å². The van der Waals surface area contributed by atoms with E-state index in [4.69, 9.17) is 11.6 Å². The number of amides is 2. The van der Waals surface area contributed by atoms with E-state index in [1.807, 2.05) is 60.4 Å². The second-order valence-corrected chi connectivity index (χ2v) is 7.73. The predicted molar refractivity (Wildman–Crippen MR) is 116 cm³/mol. The lowest BCUT2D eigenvalue weighted by Gasteiger charge is -2.37. The van der Waals surface area contributed by atoms with Crippen LogP contribution in [0.3, 0.4) is 0 Å². The minimum absolute atomic E-state index is 0.0873. The number of rotatable bonds is 3. The van der Waals surface area contributed by atoms with Crippen LogP contribution in [0.25, 0.3) is 0 Å². The van der Waals surface area contributed by atoms with Crippen molar-refractivity contribution >= 4 is 40.5 Å². The summed E-state index contributed by atoms with van der Waals surface area (Å²) < 4.78 is 0. The molecule has 1 fully saturated rings. The summed E-state index contributed by atoms with van der Waals surface area (Å²) in [6.45, 7) is 4.58. The van der Waals surface area contributed by atoms with Crippen molar-refractivity contribution in [3.05, 3.63) is 59.1 Å². The van der Waals surface area contributed by atoms with Crippen LogP contribution in [-0.4, -0.2) is 48.6 Å². The van der Waals surface area contributed by atoms with E-state index in [1.165, 1.54) is 5.01 Å². The summed E-state index contributed by atoms with van der Waals surface area (Å²) in [6, 6.07) is 15.3. The van der Waals surface area contributed by atoms with Gasteiger partial charge in [0.05, 0.1) is 16.4 Å². The lowest BCUT2D eigenvalue weighted by Crippen LogP contribution is -2.51. The molecule has 29 heavy (non-hydrogen) atoms. The van der Waals surface area contributed by atoms with Gasteiger partial charge in [0.2, 0.25) is 5.91 Å². The number of halogens is 1. The molecular formula is C22H23ClN4O2. The minimum Gasteiger partial charge on any atom is -0.367 e. The Morgan fingerprint density at radius 3 is 2.48 bits per heavy atom. The van der Waals surface area contributed by atoms with Gasteiger partial charge in [-0.25, -0.2) is 5.01 Å². The molecule has 0 aliphatic carbocycles. The third-order valence-electron chi connectivity index (χ3n) is 5.29. The summed E-state index contributed by atoms with van der Waals surface area (Å²) in [6.07, 6.45) is 0.669. The number of hydrogen-bond acceptors (Lipinski definition) is 4. The number of carbonyl (C=O) groups is 2. The number of piperazine rings is 1. The molecule has 0 saturated carbocycles. The smallest absolute Gasteiger partial charge is 0.270 e. The van der Waals surface area contributed by atoms with Crippen molar-refractivity contribution < 1.29 is 9.59 Å². The average molecular weight is 411 g/mol. The molecule has 1 saturated heterocycles. The van der Waals surface area contributed by atoms with Gasteiger partial charge in [-0.3, -0.25) is 9.59 Å². The second-order valence-electron chi connectivity index (χ2n) is 7.32. The van der Waals surface area contributed by atoms with Gasteiger partial charge in [-0.15, -0.1) is 0 Å². The molecule has 0 aromatic heterocycles. The number of hydrazone groups is 1. The third kappa shape index (κ3) is 4.12. The van der Waals surface area contributed by atoms with E-state index in [0.717, 1.165) is 16.3 Å². The van der Waals surface area contributed by atoms with Crippen molar-refractivity contribution in [2.24, 2.45) is 5.10 Å². The Morgan fingerprint density at radius 2 is 1.76 bits per heavy atom. The van der Waals surface area contributed by atoms with Crippen LogP contribution < -0.4 is 9.91 Å². The van der Waals surface area contributed by atoms with E-state index >= 15 is 0 Å². The number of carbonyl (C=O) groups excluding carboxylic acids is 2. The molecule has 7 heteroatoms. The standard InChI is InChI=1S/C22H23ClN4O2/c1-16-5-4-6-17(15-16)27-21(28)10-9-19(24-27)22(29)26-13-11-25(12-14-26)20-8-3-2-7-18(20)23/h2-8,15H,9-14H2,1H3. The highest BCUT2D eigenvalue weighted by atomic mass is 35.5. The molecule has 2 aromatic rings. The Morgan fingerprint density at radius 1 is 1.00 bits per heavy atom. The highest BCUT2D eigenvalue weighted by molar-refractivity contribution is 6.40. The Labute approximate surface area is 175 Å². The predicted octanol–water partition coefficient (Wildman–Crippen LogP) is 3.48. The van der Waals surface area contributed by atoms with Crippen molar-refractivity contribution in [2.75, 3.05) is 36.1 Å². The first-order valence-corrected chi connectivity index (χ1v) is 10.2. The van der Waals surface area contributed by atoms with Crippen molar-refractivity contribution in [1.29, 1.82) is 0 Å². The van der Waals surface area contributed by atoms with Crippen LogP contribution in [0.4, 0.5) is 11.4 Å². The number of nitrogens with zero attached hydrogens (tertiary/aromatic N) is 4. The van der Waals surface area contributed by atoms with E-state index in [-0.39, 0.29) is 18.2 Å². The average Bonchev–Trinajstić information content (AvgIpc) is 2.74. The summed E-state index contributed by atoms with van der Waals surface area (Å²) in [5.41, 5.74) is 3.17. The van der Waals surface area contributed by atoms with Crippen LogP contribution in [0.15, 0.2) is 53.6 Å². The van der Waals surface area contributed by atoms with Gasteiger partial charge in [-0.05, 0) is 36.8 Å². The Hall–Kier alpha value is -2.86. The summed E-state index contributed by atoms with van der Waals surface area (Å²) >= 11 is 6.30. The molecule has 0 N–H and O–H groups in total. The fourth-order valence-corrected chi connectivity index (χ4v) is 3.97. The van der Waals surface area contributed by atoms with E-state index in [2.05, 4.69) is 10.0 Å². The van der Waals surface area contributed by atoms with Crippen molar-refractivity contribution in [2.45, 2.75) is 19.8 Å². The quantitative estimate of drug-likeness (QED) is 0.778. The van der Waals surface area contributed by atoms with E-state index in [0.29, 0.717) is 44.0 Å². The van der Waals surface area contributed by atoms with Gasteiger partial charge in [0, 0.05) is 39.0 Å². The van der Waals surface area contributed by atoms with E-state index in [9.17, 15) is 9.59 Å². The summed E-state index contributed by atoms with van der Waals surface area (Å²) in [7, 11) is 0. The Kier molecular flexibility index (Phi) is 5.53. The van der Waals surface area contributed by atoms with Crippen molar-refractivity contribution in [3.63, 3.8) is 0 Å². The number of para-hydroxylation sites is 1. The van der Waals surface area contributed by atoms with Gasteiger partial charge in [0.25, 0.3) is 5.91 Å². The molecule has 2 amide bonds.